The number of hydrogen-bond donors (Lipinski definition) is 1. The summed E-state index contributed by atoms with van der Waals surface area (Å²) in [6.45, 7) is 6.33. The number of nitrogens with one attached hydrogen (secondary N) is 1. The molecule has 0 spiro atoms. The van der Waals surface area contributed by atoms with E-state index in [1.807, 2.05) is 13.8 Å². The minimum Gasteiger partial charge on any atom is -0.497 e. The van der Waals surface area contributed by atoms with Crippen molar-refractivity contribution in [1.82, 2.24) is 10.2 Å². The molecule has 1 aliphatic heterocycles. The number of nitrogens with zero attached hydrogens (tertiary/aromatic N) is 1. The molecule has 1 fully saturated rings. The highest BCUT2D eigenvalue weighted by Crippen LogP contribution is 2.13. The summed E-state index contributed by atoms with van der Waals surface area (Å²) in [5.41, 5.74) is 0.513. The topological polar surface area (TPSA) is 67.9 Å². The molecule has 0 aliphatic carbocycles. The number of amides is 2. The third-order valence-electron chi connectivity index (χ3n) is 3.99. The minimum atomic E-state index is -0.516. The van der Waals surface area contributed by atoms with Crippen LogP contribution in [0.25, 0.3) is 0 Å². The van der Waals surface area contributed by atoms with Crippen LogP contribution in [-0.4, -0.2) is 56.2 Å². The van der Waals surface area contributed by atoms with Crippen LogP contribution >= 0.6 is 0 Å². The molecule has 1 heterocycles. The number of hydrogen-bond acceptors (Lipinski definition) is 4. The first kappa shape index (κ1) is 18.3. The molecule has 0 aromatic heterocycles. The molecule has 24 heavy (non-hydrogen) atoms. The Kier molecular flexibility index (Phi) is 6.61. The molecule has 2 amide bonds. The number of carbonyl (C=O) groups is 2. The maximum atomic E-state index is 12.7. The summed E-state index contributed by atoms with van der Waals surface area (Å²) in [5.74, 6) is 0.713. The summed E-state index contributed by atoms with van der Waals surface area (Å²) in [4.78, 5) is 27.0. The van der Waals surface area contributed by atoms with Gasteiger partial charge in [-0.1, -0.05) is 13.8 Å². The van der Waals surface area contributed by atoms with Gasteiger partial charge in [-0.3, -0.25) is 9.59 Å². The van der Waals surface area contributed by atoms with Crippen molar-refractivity contribution < 1.29 is 19.1 Å². The Labute approximate surface area is 143 Å². The standard InChI is InChI=1S/C18H26N2O4/c1-13(2)12-16(18(22)20-8-10-24-11-9-20)19-17(21)14-4-6-15(23-3)7-5-14/h4-7,13,16H,8-12H2,1-3H3,(H,19,21)/t16-/m1/s1. The summed E-state index contributed by atoms with van der Waals surface area (Å²) in [6.07, 6.45) is 0.609. The van der Waals surface area contributed by atoms with Crippen LogP contribution in [-0.2, 0) is 9.53 Å². The van der Waals surface area contributed by atoms with Gasteiger partial charge in [-0.2, -0.15) is 0 Å². The summed E-state index contributed by atoms with van der Waals surface area (Å²) in [5, 5.41) is 2.89. The zero-order chi connectivity index (χ0) is 17.5. The summed E-state index contributed by atoms with van der Waals surface area (Å²) < 4.78 is 10.4. The van der Waals surface area contributed by atoms with Crippen molar-refractivity contribution in [3.8, 4) is 5.75 Å². The zero-order valence-electron chi connectivity index (χ0n) is 14.6. The largest absolute Gasteiger partial charge is 0.497 e. The fraction of sp³-hybridized carbons (Fsp3) is 0.556. The van der Waals surface area contributed by atoms with E-state index in [2.05, 4.69) is 5.32 Å². The molecule has 1 atom stereocenters. The van der Waals surface area contributed by atoms with E-state index in [9.17, 15) is 9.59 Å². The van der Waals surface area contributed by atoms with E-state index in [4.69, 9.17) is 9.47 Å². The van der Waals surface area contributed by atoms with E-state index in [0.29, 0.717) is 50.0 Å². The highest BCUT2D eigenvalue weighted by molar-refractivity contribution is 5.97. The summed E-state index contributed by atoms with van der Waals surface area (Å²) in [6, 6.07) is 6.34. The number of methoxy groups -OCH3 is 1. The molecule has 1 saturated heterocycles. The second kappa shape index (κ2) is 8.68. The predicted molar refractivity (Wildman–Crippen MR) is 91.1 cm³/mol. The van der Waals surface area contributed by atoms with Crippen molar-refractivity contribution >= 4 is 11.8 Å². The van der Waals surface area contributed by atoms with E-state index in [1.54, 1.807) is 36.3 Å². The Hall–Kier alpha value is -2.08. The molecule has 0 radical (unpaired) electrons. The fourth-order valence-electron chi connectivity index (χ4n) is 2.68. The minimum absolute atomic E-state index is 0.0335. The van der Waals surface area contributed by atoms with E-state index in [0.717, 1.165) is 0 Å². The number of carbonyl (C=O) groups excluding carboxylic acids is 2. The van der Waals surface area contributed by atoms with Crippen LogP contribution in [0.3, 0.4) is 0 Å². The van der Waals surface area contributed by atoms with Gasteiger partial charge in [0.05, 0.1) is 20.3 Å². The lowest BCUT2D eigenvalue weighted by Crippen LogP contribution is -2.52. The molecule has 6 heteroatoms. The first-order chi connectivity index (χ1) is 11.5. The van der Waals surface area contributed by atoms with Crippen molar-refractivity contribution in [2.75, 3.05) is 33.4 Å². The predicted octanol–water partition coefficient (Wildman–Crippen LogP) is 1.70. The molecule has 132 valence electrons. The van der Waals surface area contributed by atoms with Crippen molar-refractivity contribution in [3.05, 3.63) is 29.8 Å². The Morgan fingerprint density at radius 2 is 1.83 bits per heavy atom. The third kappa shape index (κ3) is 4.96. The van der Waals surface area contributed by atoms with Crippen molar-refractivity contribution in [2.45, 2.75) is 26.3 Å². The monoisotopic (exact) mass is 334 g/mol. The van der Waals surface area contributed by atoms with Gasteiger partial charge < -0.3 is 19.7 Å². The lowest BCUT2D eigenvalue weighted by atomic mass is 10.0. The van der Waals surface area contributed by atoms with Gasteiger partial charge in [0, 0.05) is 18.7 Å². The average Bonchev–Trinajstić information content (AvgIpc) is 2.61. The quantitative estimate of drug-likeness (QED) is 0.860. The van der Waals surface area contributed by atoms with Gasteiger partial charge in [-0.25, -0.2) is 0 Å². The van der Waals surface area contributed by atoms with Gasteiger partial charge in [0.2, 0.25) is 5.91 Å². The second-order valence-corrected chi connectivity index (χ2v) is 6.32. The molecule has 0 bridgehead atoms. The summed E-state index contributed by atoms with van der Waals surface area (Å²) >= 11 is 0. The molecule has 1 aromatic rings. The molecule has 0 unspecified atom stereocenters. The highest BCUT2D eigenvalue weighted by Gasteiger charge is 2.28. The third-order valence-corrected chi connectivity index (χ3v) is 3.99. The van der Waals surface area contributed by atoms with Gasteiger partial charge in [0.1, 0.15) is 11.8 Å². The van der Waals surface area contributed by atoms with E-state index in [-0.39, 0.29) is 11.8 Å². The lowest BCUT2D eigenvalue weighted by Gasteiger charge is -2.31. The van der Waals surface area contributed by atoms with Crippen LogP contribution in [0.1, 0.15) is 30.6 Å². The second-order valence-electron chi connectivity index (χ2n) is 6.32. The lowest BCUT2D eigenvalue weighted by molar-refractivity contribution is -0.137. The van der Waals surface area contributed by atoms with Gasteiger partial charge in [0.15, 0.2) is 0 Å². The zero-order valence-corrected chi connectivity index (χ0v) is 14.6. The fourth-order valence-corrected chi connectivity index (χ4v) is 2.68. The first-order valence-electron chi connectivity index (χ1n) is 8.32. The van der Waals surface area contributed by atoms with E-state index < -0.39 is 6.04 Å². The van der Waals surface area contributed by atoms with Crippen LogP contribution in [0.5, 0.6) is 5.75 Å². The van der Waals surface area contributed by atoms with Crippen molar-refractivity contribution in [3.63, 3.8) is 0 Å². The maximum Gasteiger partial charge on any atom is 0.251 e. The van der Waals surface area contributed by atoms with Crippen LogP contribution < -0.4 is 10.1 Å². The van der Waals surface area contributed by atoms with Crippen LogP contribution in [0.4, 0.5) is 0 Å². The molecule has 0 saturated carbocycles. The molecule has 1 N–H and O–H groups in total. The number of ether oxygens (including phenoxy) is 2. The van der Waals surface area contributed by atoms with Gasteiger partial charge >= 0.3 is 0 Å². The average molecular weight is 334 g/mol. The smallest absolute Gasteiger partial charge is 0.251 e. The SMILES string of the molecule is COc1ccc(C(=O)N[C@H](CC(C)C)C(=O)N2CCOCC2)cc1. The van der Waals surface area contributed by atoms with Crippen LogP contribution in [0.15, 0.2) is 24.3 Å². The molecule has 1 aliphatic rings. The number of morpholine rings is 1. The van der Waals surface area contributed by atoms with E-state index >= 15 is 0 Å². The Morgan fingerprint density at radius 1 is 1.21 bits per heavy atom. The number of rotatable bonds is 6. The molecular formula is C18H26N2O4. The highest BCUT2D eigenvalue weighted by atomic mass is 16.5. The first-order valence-corrected chi connectivity index (χ1v) is 8.32. The number of benzene rings is 1. The Bertz CT molecular complexity index is 551. The van der Waals surface area contributed by atoms with Gasteiger partial charge in [0.25, 0.3) is 5.91 Å². The molecule has 1 aromatic carbocycles. The van der Waals surface area contributed by atoms with Gasteiger partial charge in [-0.15, -0.1) is 0 Å². The molecular weight excluding hydrogens is 308 g/mol. The molecule has 6 nitrogen and oxygen atoms in total. The van der Waals surface area contributed by atoms with E-state index in [1.165, 1.54) is 0 Å². The Morgan fingerprint density at radius 3 is 2.38 bits per heavy atom. The normalized spacial score (nSPS) is 15.9. The Balaban J connectivity index is 2.06. The van der Waals surface area contributed by atoms with Crippen LogP contribution in [0, 0.1) is 5.92 Å². The maximum absolute atomic E-state index is 12.7. The van der Waals surface area contributed by atoms with Crippen molar-refractivity contribution in [2.24, 2.45) is 5.92 Å². The van der Waals surface area contributed by atoms with Crippen molar-refractivity contribution in [1.29, 1.82) is 0 Å². The van der Waals surface area contributed by atoms with Crippen LogP contribution in [0.2, 0.25) is 0 Å². The van der Waals surface area contributed by atoms with Gasteiger partial charge in [-0.05, 0) is 36.6 Å². The summed E-state index contributed by atoms with van der Waals surface area (Å²) in [7, 11) is 1.58. The molecule has 2 rings (SSSR count).